The van der Waals surface area contributed by atoms with E-state index in [1.54, 1.807) is 0 Å². The first-order chi connectivity index (χ1) is 5.89. The molecule has 0 atom stereocenters. The highest BCUT2D eigenvalue weighted by molar-refractivity contribution is 7.86. The van der Waals surface area contributed by atoms with E-state index in [0.29, 0.717) is 0 Å². The van der Waals surface area contributed by atoms with Crippen LogP contribution < -0.4 is 5.32 Å². The molecule has 0 saturated carbocycles. The summed E-state index contributed by atoms with van der Waals surface area (Å²) in [6.07, 6.45) is 0. The van der Waals surface area contributed by atoms with Crippen LogP contribution in [0.25, 0.3) is 0 Å². The maximum atomic E-state index is 12.2. The van der Waals surface area contributed by atoms with Gasteiger partial charge in [0, 0.05) is 6.92 Å². The molecule has 1 rings (SSSR count). The molecule has 9 heteroatoms. The van der Waals surface area contributed by atoms with E-state index in [4.69, 9.17) is 0 Å². The van der Waals surface area contributed by atoms with E-state index in [0.717, 1.165) is 0 Å². The highest BCUT2D eigenvalue weighted by atomic mass is 32.3. The SMILES string of the molecule is CC(=O)Nc1n[nH]c(S(=O)(=O)F)n1. The predicted molar refractivity (Wildman–Crippen MR) is 39.0 cm³/mol. The van der Waals surface area contributed by atoms with Gasteiger partial charge in [0.2, 0.25) is 11.9 Å². The molecule has 0 bridgehead atoms. The van der Waals surface area contributed by atoms with Crippen LogP contribution in [0.4, 0.5) is 9.83 Å². The Hall–Kier alpha value is -1.51. The molecule has 0 aliphatic carbocycles. The molecule has 0 aromatic carbocycles. The molecule has 72 valence electrons. The number of hydrogen-bond acceptors (Lipinski definition) is 5. The summed E-state index contributed by atoms with van der Waals surface area (Å²) in [5.74, 6) is -0.773. The Kier molecular flexibility index (Phi) is 2.28. The van der Waals surface area contributed by atoms with E-state index in [9.17, 15) is 17.1 Å². The summed E-state index contributed by atoms with van der Waals surface area (Å²) in [5, 5.41) is 6.19. The Labute approximate surface area is 72.6 Å². The van der Waals surface area contributed by atoms with E-state index < -0.39 is 21.3 Å². The maximum Gasteiger partial charge on any atom is 0.367 e. The fourth-order valence-electron chi connectivity index (χ4n) is 0.569. The van der Waals surface area contributed by atoms with Crippen LogP contribution in [0, 0.1) is 0 Å². The minimum Gasteiger partial charge on any atom is -0.293 e. The molecule has 2 N–H and O–H groups in total. The van der Waals surface area contributed by atoms with Crippen LogP contribution in [0.3, 0.4) is 0 Å². The molecule has 13 heavy (non-hydrogen) atoms. The van der Waals surface area contributed by atoms with Crippen LogP contribution in [0.15, 0.2) is 5.16 Å². The van der Waals surface area contributed by atoms with Crippen molar-refractivity contribution < 1.29 is 17.1 Å². The number of carbonyl (C=O) groups is 1. The van der Waals surface area contributed by atoms with E-state index in [1.165, 1.54) is 6.92 Å². The molecule has 0 aliphatic rings. The third-order valence-corrected chi connectivity index (χ3v) is 1.63. The van der Waals surface area contributed by atoms with Gasteiger partial charge in [-0.25, -0.2) is 5.10 Å². The van der Waals surface area contributed by atoms with Crippen LogP contribution in [0.5, 0.6) is 0 Å². The zero-order chi connectivity index (χ0) is 10.1. The quantitative estimate of drug-likeness (QED) is 0.632. The van der Waals surface area contributed by atoms with Crippen molar-refractivity contribution >= 4 is 22.1 Å². The molecule has 0 saturated heterocycles. The summed E-state index contributed by atoms with van der Waals surface area (Å²) in [7, 11) is -4.90. The number of aromatic nitrogens is 3. The molecule has 0 unspecified atom stereocenters. The molecule has 1 heterocycles. The Morgan fingerprint density at radius 2 is 2.23 bits per heavy atom. The summed E-state index contributed by atoms with van der Waals surface area (Å²) in [6.45, 7) is 1.18. The Morgan fingerprint density at radius 1 is 1.62 bits per heavy atom. The molecular weight excluding hydrogens is 203 g/mol. The van der Waals surface area contributed by atoms with Gasteiger partial charge in [-0.1, -0.05) is 3.89 Å². The Balaban J connectivity index is 2.94. The van der Waals surface area contributed by atoms with Crippen LogP contribution in [0.1, 0.15) is 6.92 Å². The lowest BCUT2D eigenvalue weighted by molar-refractivity contribution is -0.114. The highest BCUT2D eigenvalue weighted by Crippen LogP contribution is 2.07. The number of nitrogens with one attached hydrogen (secondary N) is 2. The average molecular weight is 208 g/mol. The van der Waals surface area contributed by atoms with Gasteiger partial charge in [-0.05, 0) is 0 Å². The van der Waals surface area contributed by atoms with Crippen molar-refractivity contribution in [2.45, 2.75) is 12.1 Å². The van der Waals surface area contributed by atoms with Crippen molar-refractivity contribution in [3.05, 3.63) is 0 Å². The summed E-state index contributed by atoms with van der Waals surface area (Å²) >= 11 is 0. The third-order valence-electron chi connectivity index (χ3n) is 0.984. The average Bonchev–Trinajstić information content (AvgIpc) is 2.32. The zero-order valence-electron chi connectivity index (χ0n) is 6.41. The summed E-state index contributed by atoms with van der Waals surface area (Å²) in [5.41, 5.74) is 0. The van der Waals surface area contributed by atoms with Crippen LogP contribution in [-0.2, 0) is 15.0 Å². The van der Waals surface area contributed by atoms with E-state index in [-0.39, 0.29) is 5.95 Å². The number of halogens is 1. The normalized spacial score (nSPS) is 11.2. The molecule has 1 aromatic heterocycles. The monoisotopic (exact) mass is 208 g/mol. The number of carbonyl (C=O) groups excluding carboxylic acids is 1. The lowest BCUT2D eigenvalue weighted by Crippen LogP contribution is -2.07. The van der Waals surface area contributed by atoms with Gasteiger partial charge in [-0.15, -0.1) is 5.10 Å². The molecule has 0 spiro atoms. The van der Waals surface area contributed by atoms with Crippen molar-refractivity contribution in [2.75, 3.05) is 5.32 Å². The van der Waals surface area contributed by atoms with Gasteiger partial charge >= 0.3 is 10.2 Å². The van der Waals surface area contributed by atoms with E-state index >= 15 is 0 Å². The second-order valence-corrected chi connectivity index (χ2v) is 3.35. The molecular formula is C4H5FN4O3S. The van der Waals surface area contributed by atoms with E-state index in [2.05, 4.69) is 15.4 Å². The molecule has 0 fully saturated rings. The van der Waals surface area contributed by atoms with Gasteiger partial charge in [-0.2, -0.15) is 13.4 Å². The molecule has 0 radical (unpaired) electrons. The first-order valence-corrected chi connectivity index (χ1v) is 4.42. The predicted octanol–water partition coefficient (Wildman–Crippen LogP) is -0.579. The largest absolute Gasteiger partial charge is 0.367 e. The van der Waals surface area contributed by atoms with Crippen LogP contribution in [-0.4, -0.2) is 29.5 Å². The number of aromatic amines is 1. The number of amides is 1. The Bertz CT molecular complexity index is 424. The number of nitrogens with zero attached hydrogens (tertiary/aromatic N) is 2. The first-order valence-electron chi connectivity index (χ1n) is 3.04. The second kappa shape index (κ2) is 3.09. The smallest absolute Gasteiger partial charge is 0.293 e. The van der Waals surface area contributed by atoms with Crippen LogP contribution >= 0.6 is 0 Å². The van der Waals surface area contributed by atoms with E-state index in [1.807, 2.05) is 5.10 Å². The second-order valence-electron chi connectivity index (χ2n) is 2.08. The van der Waals surface area contributed by atoms with Crippen molar-refractivity contribution in [1.29, 1.82) is 0 Å². The number of H-pyrrole nitrogens is 1. The topological polar surface area (TPSA) is 105 Å². The van der Waals surface area contributed by atoms with Crippen molar-refractivity contribution in [3.63, 3.8) is 0 Å². The van der Waals surface area contributed by atoms with Gasteiger partial charge in [0.25, 0.3) is 5.16 Å². The molecule has 1 amide bonds. The number of rotatable bonds is 2. The fourth-order valence-corrected chi connectivity index (χ4v) is 0.920. The molecule has 0 aliphatic heterocycles. The summed E-state index contributed by atoms with van der Waals surface area (Å²) in [6, 6.07) is 0. The minimum absolute atomic E-state index is 0.288. The standard InChI is InChI=1S/C4H5FN4O3S/c1-2(10)6-3-7-4(9-8-3)13(5,11)12/h1H3,(H2,6,7,8,9,10). The molecule has 1 aromatic rings. The van der Waals surface area contributed by atoms with Crippen molar-refractivity contribution in [3.8, 4) is 0 Å². The van der Waals surface area contributed by atoms with Crippen LogP contribution in [0.2, 0.25) is 0 Å². The number of hydrogen-bond donors (Lipinski definition) is 2. The van der Waals surface area contributed by atoms with Gasteiger partial charge in [0.1, 0.15) is 0 Å². The van der Waals surface area contributed by atoms with Gasteiger partial charge in [0.05, 0.1) is 0 Å². The summed E-state index contributed by atoms with van der Waals surface area (Å²) in [4.78, 5) is 13.6. The fraction of sp³-hybridized carbons (Fsp3) is 0.250. The maximum absolute atomic E-state index is 12.2. The summed E-state index contributed by atoms with van der Waals surface area (Å²) < 4.78 is 32.6. The third kappa shape index (κ3) is 2.47. The van der Waals surface area contributed by atoms with Gasteiger partial charge in [-0.3, -0.25) is 10.1 Å². The first kappa shape index (κ1) is 9.58. The van der Waals surface area contributed by atoms with Gasteiger partial charge in [0.15, 0.2) is 0 Å². The lowest BCUT2D eigenvalue weighted by Gasteiger charge is -1.90. The highest BCUT2D eigenvalue weighted by Gasteiger charge is 2.17. The Morgan fingerprint density at radius 3 is 2.62 bits per heavy atom. The lowest BCUT2D eigenvalue weighted by atomic mass is 10.7. The molecule has 7 nitrogen and oxygen atoms in total. The minimum atomic E-state index is -4.90. The number of anilines is 1. The van der Waals surface area contributed by atoms with Gasteiger partial charge < -0.3 is 0 Å². The van der Waals surface area contributed by atoms with Crippen molar-refractivity contribution in [1.82, 2.24) is 15.2 Å². The van der Waals surface area contributed by atoms with Crippen molar-refractivity contribution in [2.24, 2.45) is 0 Å². The zero-order valence-corrected chi connectivity index (χ0v) is 7.22.